The average molecular weight is 430 g/mol. The molecule has 5 heteroatoms. The van der Waals surface area contributed by atoms with Crippen molar-refractivity contribution in [3.8, 4) is 6.07 Å². The summed E-state index contributed by atoms with van der Waals surface area (Å²) >= 11 is 0. The summed E-state index contributed by atoms with van der Waals surface area (Å²) in [6.45, 7) is 4.73. The van der Waals surface area contributed by atoms with Crippen LogP contribution in [0, 0.1) is 30.0 Å². The molecule has 2 aromatic carbocycles. The van der Waals surface area contributed by atoms with E-state index in [2.05, 4.69) is 22.9 Å². The van der Waals surface area contributed by atoms with E-state index < -0.39 is 0 Å². The Balaban J connectivity index is 1.69. The van der Waals surface area contributed by atoms with Gasteiger partial charge in [0.05, 0.1) is 0 Å². The number of nitriles is 1. The van der Waals surface area contributed by atoms with Gasteiger partial charge in [-0.25, -0.2) is 4.39 Å². The molecule has 2 atom stereocenters. The van der Waals surface area contributed by atoms with Crippen LogP contribution in [0.4, 0.5) is 4.39 Å². The van der Waals surface area contributed by atoms with E-state index in [-0.39, 0.29) is 23.3 Å². The summed E-state index contributed by atoms with van der Waals surface area (Å²) in [5, 5.41) is 13.8. The summed E-state index contributed by atoms with van der Waals surface area (Å²) in [5.41, 5.74) is 3.94. The highest BCUT2D eigenvalue weighted by atomic mass is 19.1. The molecular formula is C27H28FN3O. The molecule has 0 saturated heterocycles. The molecule has 0 radical (unpaired) electrons. The van der Waals surface area contributed by atoms with Crippen LogP contribution in [0.2, 0.25) is 0 Å². The van der Waals surface area contributed by atoms with Crippen LogP contribution in [0.3, 0.4) is 0 Å². The number of rotatable bonds is 5. The molecule has 0 aliphatic heterocycles. The molecule has 4 nitrogen and oxygen atoms in total. The monoisotopic (exact) mass is 429 g/mol. The van der Waals surface area contributed by atoms with Crippen molar-refractivity contribution in [2.75, 3.05) is 0 Å². The fourth-order valence-corrected chi connectivity index (χ4v) is 4.69. The first-order valence-corrected chi connectivity index (χ1v) is 11.2. The van der Waals surface area contributed by atoms with Gasteiger partial charge in [0.15, 0.2) is 0 Å². The molecule has 1 heterocycles. The van der Waals surface area contributed by atoms with Gasteiger partial charge in [-0.15, -0.1) is 0 Å². The van der Waals surface area contributed by atoms with E-state index in [9.17, 15) is 14.4 Å². The normalized spacial score (nSPS) is 19.0. The van der Waals surface area contributed by atoms with E-state index >= 15 is 0 Å². The van der Waals surface area contributed by atoms with Crippen LogP contribution in [0.1, 0.15) is 49.4 Å². The summed E-state index contributed by atoms with van der Waals surface area (Å²) in [7, 11) is 0. The molecule has 0 unspecified atom stereocenters. The smallest absolute Gasteiger partial charge is 0.262 e. The highest BCUT2D eigenvalue weighted by Crippen LogP contribution is 2.29. The van der Waals surface area contributed by atoms with Crippen molar-refractivity contribution in [2.45, 2.75) is 52.1 Å². The molecule has 0 spiro atoms. The van der Waals surface area contributed by atoms with Gasteiger partial charge >= 0.3 is 0 Å². The number of fused-ring (bicyclic) bond motifs is 1. The Kier molecular flexibility index (Phi) is 6.41. The fraction of sp³-hybridized carbons (Fsp3) is 0.333. The molecule has 4 rings (SSSR count). The third-order valence-electron chi connectivity index (χ3n) is 6.62. The van der Waals surface area contributed by atoms with Crippen molar-refractivity contribution in [3.05, 3.63) is 76.7 Å². The molecule has 1 amide bonds. The quantitative estimate of drug-likeness (QED) is 0.415. The zero-order valence-electron chi connectivity index (χ0n) is 18.6. The summed E-state index contributed by atoms with van der Waals surface area (Å²) in [6.07, 6.45) is 6.08. The SMILES string of the molecule is Cc1c(/C=C(\C#N)C(=O)N[C@@H]2CCCC[C@H]2C)c2ccccc2n1Cc1ccc(F)cc1. The molecule has 1 aromatic heterocycles. The lowest BCUT2D eigenvalue weighted by Gasteiger charge is -2.29. The number of carbonyl (C=O) groups excluding carboxylic acids is 1. The van der Waals surface area contributed by atoms with Crippen molar-refractivity contribution in [1.82, 2.24) is 9.88 Å². The van der Waals surface area contributed by atoms with E-state index in [0.29, 0.717) is 12.5 Å². The van der Waals surface area contributed by atoms with Gasteiger partial charge in [-0.05, 0) is 55.5 Å². The van der Waals surface area contributed by atoms with Gasteiger partial charge in [0, 0.05) is 34.7 Å². The van der Waals surface area contributed by atoms with Crippen LogP contribution in [-0.2, 0) is 11.3 Å². The van der Waals surface area contributed by atoms with Gasteiger partial charge in [0.1, 0.15) is 17.5 Å². The van der Waals surface area contributed by atoms with Gasteiger partial charge in [0.2, 0.25) is 0 Å². The van der Waals surface area contributed by atoms with Crippen LogP contribution in [-0.4, -0.2) is 16.5 Å². The predicted octanol–water partition coefficient (Wildman–Crippen LogP) is 5.74. The number of nitrogens with one attached hydrogen (secondary N) is 1. The van der Waals surface area contributed by atoms with E-state index in [4.69, 9.17) is 0 Å². The maximum Gasteiger partial charge on any atom is 0.262 e. The number of benzene rings is 2. The van der Waals surface area contributed by atoms with Crippen LogP contribution < -0.4 is 5.32 Å². The lowest BCUT2D eigenvalue weighted by Crippen LogP contribution is -2.41. The number of carbonyl (C=O) groups is 1. The number of nitrogens with zero attached hydrogens (tertiary/aromatic N) is 2. The van der Waals surface area contributed by atoms with E-state index in [1.165, 1.54) is 18.6 Å². The van der Waals surface area contributed by atoms with E-state index in [1.807, 2.05) is 31.2 Å². The van der Waals surface area contributed by atoms with Crippen LogP contribution in [0.25, 0.3) is 17.0 Å². The predicted molar refractivity (Wildman–Crippen MR) is 125 cm³/mol. The summed E-state index contributed by atoms with van der Waals surface area (Å²) in [6, 6.07) is 16.7. The molecule has 0 bridgehead atoms. The largest absolute Gasteiger partial charge is 0.348 e. The van der Waals surface area contributed by atoms with Crippen molar-refractivity contribution in [1.29, 1.82) is 5.26 Å². The highest BCUT2D eigenvalue weighted by Gasteiger charge is 2.24. The maximum absolute atomic E-state index is 13.3. The van der Waals surface area contributed by atoms with Crippen molar-refractivity contribution < 1.29 is 9.18 Å². The van der Waals surface area contributed by atoms with Gasteiger partial charge in [-0.3, -0.25) is 4.79 Å². The third kappa shape index (κ3) is 4.45. The zero-order valence-corrected chi connectivity index (χ0v) is 18.6. The number of para-hydroxylation sites is 1. The highest BCUT2D eigenvalue weighted by molar-refractivity contribution is 6.04. The van der Waals surface area contributed by atoms with Crippen LogP contribution in [0.5, 0.6) is 0 Å². The minimum Gasteiger partial charge on any atom is -0.348 e. The first kappa shape index (κ1) is 21.8. The number of halogens is 1. The standard InChI is InChI=1S/C27H28FN3O/c1-18-7-3-5-9-25(18)30-27(32)21(16-29)15-24-19(2)31(26-10-6-4-8-23(24)26)17-20-11-13-22(28)14-12-20/h4,6,8,10-15,18,25H,3,5,7,9,17H2,1-2H3,(H,30,32)/b21-15+/t18-,25-/m1/s1. The fourth-order valence-electron chi connectivity index (χ4n) is 4.69. The third-order valence-corrected chi connectivity index (χ3v) is 6.62. The zero-order chi connectivity index (χ0) is 22.7. The molecule has 1 saturated carbocycles. The number of hydrogen-bond acceptors (Lipinski definition) is 2. The average Bonchev–Trinajstić information content (AvgIpc) is 3.06. The molecule has 1 N–H and O–H groups in total. The second-order valence-electron chi connectivity index (χ2n) is 8.74. The van der Waals surface area contributed by atoms with E-state index in [0.717, 1.165) is 47.0 Å². The number of amides is 1. The Morgan fingerprint density at radius 3 is 2.62 bits per heavy atom. The molecule has 3 aromatic rings. The summed E-state index contributed by atoms with van der Waals surface area (Å²) < 4.78 is 15.5. The lowest BCUT2D eigenvalue weighted by atomic mass is 9.86. The molecule has 164 valence electrons. The number of hydrogen-bond donors (Lipinski definition) is 1. The molecule has 1 fully saturated rings. The number of aromatic nitrogens is 1. The molecular weight excluding hydrogens is 401 g/mol. The summed E-state index contributed by atoms with van der Waals surface area (Å²) in [5.74, 6) is -0.142. The topological polar surface area (TPSA) is 57.8 Å². The second kappa shape index (κ2) is 9.40. The first-order chi connectivity index (χ1) is 15.5. The van der Waals surface area contributed by atoms with Gasteiger partial charge < -0.3 is 9.88 Å². The lowest BCUT2D eigenvalue weighted by molar-refractivity contribution is -0.118. The van der Waals surface area contributed by atoms with E-state index in [1.54, 1.807) is 18.2 Å². The molecule has 32 heavy (non-hydrogen) atoms. The Hall–Kier alpha value is -3.39. The van der Waals surface area contributed by atoms with Gasteiger partial charge in [-0.2, -0.15) is 5.26 Å². The van der Waals surface area contributed by atoms with Crippen molar-refractivity contribution >= 4 is 22.9 Å². The Morgan fingerprint density at radius 2 is 1.91 bits per heavy atom. The minimum atomic E-state index is -0.305. The Morgan fingerprint density at radius 1 is 1.19 bits per heavy atom. The van der Waals surface area contributed by atoms with Gasteiger partial charge in [-0.1, -0.05) is 50.1 Å². The minimum absolute atomic E-state index is 0.119. The molecule has 1 aliphatic carbocycles. The molecule has 1 aliphatic rings. The van der Waals surface area contributed by atoms with Gasteiger partial charge in [0.25, 0.3) is 5.91 Å². The maximum atomic E-state index is 13.3. The van der Waals surface area contributed by atoms with Crippen LogP contribution >= 0.6 is 0 Å². The summed E-state index contributed by atoms with van der Waals surface area (Å²) in [4.78, 5) is 12.9. The first-order valence-electron chi connectivity index (χ1n) is 11.2. The van der Waals surface area contributed by atoms with Crippen molar-refractivity contribution in [2.24, 2.45) is 5.92 Å². The van der Waals surface area contributed by atoms with Crippen molar-refractivity contribution in [3.63, 3.8) is 0 Å². The second-order valence-corrected chi connectivity index (χ2v) is 8.74. The van der Waals surface area contributed by atoms with Crippen LogP contribution in [0.15, 0.2) is 54.1 Å². The Bertz CT molecular complexity index is 1200. The Labute approximate surface area is 188 Å².